The lowest BCUT2D eigenvalue weighted by molar-refractivity contribution is -0.00553. The number of anilines is 1. The summed E-state index contributed by atoms with van der Waals surface area (Å²) in [6.45, 7) is 10.8. The molecule has 0 N–H and O–H groups in total. The zero-order valence-corrected chi connectivity index (χ0v) is 27.3. The van der Waals surface area contributed by atoms with Crippen LogP contribution in [0.2, 0.25) is 5.04 Å². The predicted molar refractivity (Wildman–Crippen MR) is 171 cm³/mol. The molecule has 0 spiro atoms. The first-order valence-corrected chi connectivity index (χ1v) is 17.3. The monoisotopic (exact) mass is 631 g/mol. The van der Waals surface area contributed by atoms with Crippen LogP contribution < -0.4 is 15.3 Å². The Bertz CT molecular complexity index is 1640. The van der Waals surface area contributed by atoms with Crippen molar-refractivity contribution in [1.29, 1.82) is 5.26 Å². The largest absolute Gasteiger partial charge is 0.403 e. The van der Waals surface area contributed by atoms with Gasteiger partial charge in [0.1, 0.15) is 10.9 Å². The average molecular weight is 632 g/mol. The fourth-order valence-electron chi connectivity index (χ4n) is 6.20. The van der Waals surface area contributed by atoms with E-state index in [0.717, 1.165) is 21.7 Å². The summed E-state index contributed by atoms with van der Waals surface area (Å²) in [6, 6.07) is 23.3. The van der Waals surface area contributed by atoms with E-state index in [1.165, 1.54) is 11.6 Å². The summed E-state index contributed by atoms with van der Waals surface area (Å²) in [4.78, 5) is 19.2. The molecule has 0 amide bonds. The standard InChI is InChI=1S/C34H35F2N3O3SSi/c1-22-18-39(19-23(2)42-22)31-24(16-27(29(35)30(31)36)32(40)33-28(17-37)38-21-43-33)20-41-44(34(3,4)5,25-12-8-6-9-13-25)26-14-10-7-11-15-26/h6-16,21-23H,18-20H2,1-5H3/t22-,23+. The van der Waals surface area contributed by atoms with E-state index in [0.29, 0.717) is 18.7 Å². The molecule has 6 nitrogen and oxygen atoms in total. The number of hydrogen-bond acceptors (Lipinski definition) is 7. The molecule has 2 heterocycles. The summed E-state index contributed by atoms with van der Waals surface area (Å²) >= 11 is 0.922. The van der Waals surface area contributed by atoms with E-state index < -0.39 is 31.3 Å². The van der Waals surface area contributed by atoms with Crippen LogP contribution in [0.1, 0.15) is 61.1 Å². The van der Waals surface area contributed by atoms with Gasteiger partial charge in [0.2, 0.25) is 5.78 Å². The van der Waals surface area contributed by atoms with Crippen LogP contribution in [0.25, 0.3) is 0 Å². The maximum atomic E-state index is 16.3. The van der Waals surface area contributed by atoms with Gasteiger partial charge in [-0.05, 0) is 35.3 Å². The first-order valence-electron chi connectivity index (χ1n) is 14.5. The van der Waals surface area contributed by atoms with Crippen LogP contribution in [-0.2, 0) is 15.8 Å². The Hall–Kier alpha value is -3.75. The van der Waals surface area contributed by atoms with Crippen LogP contribution in [0.15, 0.2) is 72.2 Å². The number of ether oxygens (including phenoxy) is 1. The third-order valence-electron chi connectivity index (χ3n) is 7.98. The molecule has 228 valence electrons. The van der Waals surface area contributed by atoms with E-state index in [2.05, 4.69) is 50.0 Å². The van der Waals surface area contributed by atoms with Gasteiger partial charge < -0.3 is 14.1 Å². The molecule has 1 aliphatic rings. The highest BCUT2D eigenvalue weighted by Crippen LogP contribution is 2.39. The number of nitrogens with zero attached hydrogens (tertiary/aromatic N) is 3. The minimum absolute atomic E-state index is 0.0361. The van der Waals surface area contributed by atoms with Gasteiger partial charge in [-0.3, -0.25) is 4.79 Å². The molecule has 1 aliphatic heterocycles. The molecule has 5 rings (SSSR count). The molecule has 1 aromatic heterocycles. The fraction of sp³-hybridized carbons (Fsp3) is 0.324. The summed E-state index contributed by atoms with van der Waals surface area (Å²) in [5.41, 5.74) is 1.18. The molecular formula is C34H35F2N3O3SSi. The lowest BCUT2D eigenvalue weighted by atomic mass is 10.0. The van der Waals surface area contributed by atoms with Crippen LogP contribution in [0.4, 0.5) is 14.5 Å². The first kappa shape index (κ1) is 31.7. The first-order chi connectivity index (χ1) is 21.0. The fourth-order valence-corrected chi connectivity index (χ4v) is 11.4. The van der Waals surface area contributed by atoms with Gasteiger partial charge in [-0.25, -0.2) is 13.8 Å². The number of benzene rings is 3. The topological polar surface area (TPSA) is 75.5 Å². The summed E-state index contributed by atoms with van der Waals surface area (Å²) in [5, 5.41) is 11.2. The molecule has 0 unspecified atom stereocenters. The van der Waals surface area contributed by atoms with E-state index >= 15 is 8.78 Å². The zero-order valence-electron chi connectivity index (χ0n) is 25.4. The van der Waals surface area contributed by atoms with Gasteiger partial charge in [0, 0.05) is 18.7 Å². The third kappa shape index (κ3) is 5.85. The molecule has 0 radical (unpaired) electrons. The number of halogens is 2. The second-order valence-corrected chi connectivity index (χ2v) is 17.3. The van der Waals surface area contributed by atoms with Crippen LogP contribution in [0, 0.1) is 23.0 Å². The van der Waals surface area contributed by atoms with Crippen LogP contribution >= 0.6 is 11.3 Å². The Kier molecular flexibility index (Phi) is 9.14. The zero-order chi connectivity index (χ0) is 31.6. The Morgan fingerprint density at radius 2 is 1.61 bits per heavy atom. The van der Waals surface area contributed by atoms with Crippen LogP contribution in [0.3, 0.4) is 0 Å². The van der Waals surface area contributed by atoms with E-state index in [-0.39, 0.29) is 40.1 Å². The van der Waals surface area contributed by atoms with Gasteiger partial charge >= 0.3 is 0 Å². The van der Waals surface area contributed by atoms with Gasteiger partial charge in [-0.15, -0.1) is 11.3 Å². The lowest BCUT2D eigenvalue weighted by Crippen LogP contribution is -2.66. The van der Waals surface area contributed by atoms with Gasteiger partial charge in [-0.2, -0.15) is 5.26 Å². The molecule has 1 fully saturated rings. The Labute approximate surface area is 262 Å². The van der Waals surface area contributed by atoms with E-state index in [1.807, 2.05) is 56.3 Å². The maximum absolute atomic E-state index is 16.3. The van der Waals surface area contributed by atoms with Crippen LogP contribution in [-0.4, -0.2) is 44.4 Å². The maximum Gasteiger partial charge on any atom is 0.261 e. The molecule has 1 saturated heterocycles. The van der Waals surface area contributed by atoms with Crippen molar-refractivity contribution >= 4 is 41.5 Å². The minimum atomic E-state index is -3.07. The SMILES string of the molecule is C[C@@H]1CN(c2c(CO[Si](c3ccccc3)(c3ccccc3)C(C)(C)C)cc(C(=O)c3scnc3C#N)c(F)c2F)C[C@H](C)O1. The summed E-state index contributed by atoms with van der Waals surface area (Å²) in [5.74, 6) is -3.17. The molecular weight excluding hydrogens is 597 g/mol. The predicted octanol–water partition coefficient (Wildman–Crippen LogP) is 6.21. The number of nitriles is 1. The van der Waals surface area contributed by atoms with Gasteiger partial charge in [-0.1, -0.05) is 81.4 Å². The summed E-state index contributed by atoms with van der Waals surface area (Å²) in [7, 11) is -3.07. The Morgan fingerprint density at radius 3 is 2.14 bits per heavy atom. The summed E-state index contributed by atoms with van der Waals surface area (Å²) in [6.07, 6.45) is -0.438. The highest BCUT2D eigenvalue weighted by molar-refractivity contribution is 7.12. The van der Waals surface area contributed by atoms with Gasteiger partial charge in [0.15, 0.2) is 17.3 Å². The quantitative estimate of drug-likeness (QED) is 0.170. The van der Waals surface area contributed by atoms with E-state index in [9.17, 15) is 10.1 Å². The molecule has 0 bridgehead atoms. The number of ketones is 1. The second-order valence-electron chi connectivity index (χ2n) is 12.1. The lowest BCUT2D eigenvalue weighted by Gasteiger charge is -2.43. The third-order valence-corrected chi connectivity index (χ3v) is 13.8. The molecule has 2 atom stereocenters. The van der Waals surface area contributed by atoms with Crippen molar-refractivity contribution in [3.05, 3.63) is 106 Å². The molecule has 0 saturated carbocycles. The Morgan fingerprint density at radius 1 is 1.05 bits per heavy atom. The summed E-state index contributed by atoms with van der Waals surface area (Å²) < 4.78 is 45.2. The van der Waals surface area contributed by atoms with E-state index in [4.69, 9.17) is 9.16 Å². The highest BCUT2D eigenvalue weighted by atomic mass is 32.1. The molecule has 3 aromatic carbocycles. The number of morpholine rings is 1. The van der Waals surface area contributed by atoms with Crippen LogP contribution in [0.5, 0.6) is 0 Å². The molecule has 44 heavy (non-hydrogen) atoms. The number of thiazole rings is 1. The van der Waals surface area contributed by atoms with Crippen molar-refractivity contribution in [3.8, 4) is 6.07 Å². The van der Waals surface area contributed by atoms with Crippen molar-refractivity contribution in [2.24, 2.45) is 0 Å². The van der Waals surface area contributed by atoms with Crippen molar-refractivity contribution in [2.75, 3.05) is 18.0 Å². The van der Waals surface area contributed by atoms with Crippen molar-refractivity contribution in [3.63, 3.8) is 0 Å². The molecule has 10 heteroatoms. The average Bonchev–Trinajstić information content (AvgIpc) is 3.48. The van der Waals surface area contributed by atoms with E-state index in [1.54, 1.807) is 4.90 Å². The number of carbonyl (C=O) groups excluding carboxylic acids is 1. The number of carbonyl (C=O) groups is 1. The number of rotatable bonds is 8. The van der Waals surface area contributed by atoms with Crippen molar-refractivity contribution in [2.45, 2.75) is 58.5 Å². The minimum Gasteiger partial charge on any atom is -0.403 e. The number of aromatic nitrogens is 1. The van der Waals surface area contributed by atoms with Gasteiger partial charge in [0.25, 0.3) is 8.32 Å². The molecule has 0 aliphatic carbocycles. The highest BCUT2D eigenvalue weighted by Gasteiger charge is 2.50. The second kappa shape index (κ2) is 12.7. The smallest absolute Gasteiger partial charge is 0.261 e. The van der Waals surface area contributed by atoms with Crippen molar-refractivity contribution in [1.82, 2.24) is 4.98 Å². The normalized spacial score (nSPS) is 17.4. The Balaban J connectivity index is 1.69. The van der Waals surface area contributed by atoms with Gasteiger partial charge in [0.05, 0.1) is 35.6 Å². The van der Waals surface area contributed by atoms with Crippen molar-refractivity contribution < 1.29 is 22.7 Å². The number of hydrogen-bond donors (Lipinski definition) is 0. The molecule has 4 aromatic rings.